The number of hydrogen-bond acceptors (Lipinski definition) is 5. The van der Waals surface area contributed by atoms with Crippen LogP contribution in [0.15, 0.2) is 82.1 Å². The van der Waals surface area contributed by atoms with Crippen molar-refractivity contribution in [2.45, 2.75) is 37.1 Å². The number of benzene rings is 3. The van der Waals surface area contributed by atoms with Gasteiger partial charge in [0.05, 0.1) is 10.8 Å². The van der Waals surface area contributed by atoms with E-state index in [9.17, 15) is 13.2 Å². The maximum Gasteiger partial charge on any atom is 0.253 e. The summed E-state index contributed by atoms with van der Waals surface area (Å²) < 4.78 is 34.7. The summed E-state index contributed by atoms with van der Waals surface area (Å²) in [7, 11) is -3.79. The van der Waals surface area contributed by atoms with Crippen LogP contribution < -0.4 is 4.72 Å². The van der Waals surface area contributed by atoms with Gasteiger partial charge in [0.1, 0.15) is 5.52 Å². The molecule has 1 N–H and O–H groups in total. The van der Waals surface area contributed by atoms with E-state index in [1.54, 1.807) is 24.0 Å². The molecule has 8 heteroatoms. The zero-order valence-electron chi connectivity index (χ0n) is 19.5. The minimum Gasteiger partial charge on any atom is -0.440 e. The highest BCUT2D eigenvalue weighted by molar-refractivity contribution is 7.89. The monoisotopic (exact) mass is 489 g/mol. The molecule has 1 aliphatic rings. The van der Waals surface area contributed by atoms with Gasteiger partial charge < -0.3 is 9.32 Å². The number of fused-ring (bicyclic) bond motifs is 1. The van der Waals surface area contributed by atoms with Gasteiger partial charge in [-0.15, -0.1) is 0 Å². The summed E-state index contributed by atoms with van der Waals surface area (Å²) in [5.41, 5.74) is 3.35. The lowest BCUT2D eigenvalue weighted by Gasteiger charge is -2.31. The lowest BCUT2D eigenvalue weighted by molar-refractivity contribution is 0.0698. The summed E-state index contributed by atoms with van der Waals surface area (Å²) in [6, 6.07) is 21.8. The number of sulfonamides is 1. The Morgan fingerprint density at radius 2 is 1.86 bits per heavy atom. The molecule has 7 nitrogen and oxygen atoms in total. The van der Waals surface area contributed by atoms with E-state index < -0.39 is 10.0 Å². The zero-order chi connectivity index (χ0) is 24.4. The van der Waals surface area contributed by atoms with E-state index in [2.05, 4.69) is 9.71 Å². The standard InChI is InChI=1S/C27H27N3O4S/c1-19-13-14-21(16-25(19)35(32,33)28-17-20-8-3-2-4-9-20)27(31)30-15-7-10-22(18-30)26-29-23-11-5-6-12-24(23)34-26/h2-6,8-9,11-14,16,22,28H,7,10,15,17-18H2,1H3/t22-/m0/s1. The first kappa shape index (κ1) is 23.3. The number of hydrogen-bond donors (Lipinski definition) is 1. The van der Waals surface area contributed by atoms with E-state index >= 15 is 0 Å². The van der Waals surface area contributed by atoms with Crippen molar-refractivity contribution in [1.29, 1.82) is 0 Å². The predicted molar refractivity (Wildman–Crippen MR) is 134 cm³/mol. The van der Waals surface area contributed by atoms with Crippen molar-refractivity contribution in [1.82, 2.24) is 14.6 Å². The van der Waals surface area contributed by atoms with E-state index in [4.69, 9.17) is 4.42 Å². The van der Waals surface area contributed by atoms with Crippen LogP contribution in [0.2, 0.25) is 0 Å². The minimum atomic E-state index is -3.79. The molecule has 1 saturated heterocycles. The van der Waals surface area contributed by atoms with Crippen molar-refractivity contribution >= 4 is 27.0 Å². The summed E-state index contributed by atoms with van der Waals surface area (Å²) in [6.45, 7) is 3.00. The van der Waals surface area contributed by atoms with Crippen LogP contribution in [-0.2, 0) is 16.6 Å². The Bertz CT molecular complexity index is 1430. The quantitative estimate of drug-likeness (QED) is 0.426. The Balaban J connectivity index is 1.34. The number of nitrogens with one attached hydrogen (secondary N) is 1. The summed E-state index contributed by atoms with van der Waals surface area (Å²) in [6.07, 6.45) is 1.71. The van der Waals surface area contributed by atoms with Crippen molar-refractivity contribution in [3.8, 4) is 0 Å². The molecule has 5 rings (SSSR count). The highest BCUT2D eigenvalue weighted by Gasteiger charge is 2.29. The molecule has 3 aromatic carbocycles. The molecule has 180 valence electrons. The van der Waals surface area contributed by atoms with E-state index in [-0.39, 0.29) is 23.3 Å². The van der Waals surface area contributed by atoms with E-state index in [0.717, 1.165) is 29.5 Å². The molecule has 2 heterocycles. The van der Waals surface area contributed by atoms with Gasteiger partial charge in [0.2, 0.25) is 10.0 Å². The van der Waals surface area contributed by atoms with E-state index in [1.807, 2.05) is 54.6 Å². The average molecular weight is 490 g/mol. The maximum absolute atomic E-state index is 13.4. The number of likely N-dealkylation sites (tertiary alicyclic amines) is 1. The first-order valence-electron chi connectivity index (χ1n) is 11.7. The number of carbonyl (C=O) groups excluding carboxylic acids is 1. The van der Waals surface area contributed by atoms with Crippen molar-refractivity contribution in [3.05, 3.63) is 95.4 Å². The summed E-state index contributed by atoms with van der Waals surface area (Å²) in [4.78, 5) is 19.9. The zero-order valence-corrected chi connectivity index (χ0v) is 20.3. The number of oxazole rings is 1. The molecule has 0 radical (unpaired) electrons. The number of aryl methyl sites for hydroxylation is 1. The molecule has 0 unspecified atom stereocenters. The van der Waals surface area contributed by atoms with Crippen LogP contribution in [0.5, 0.6) is 0 Å². The van der Waals surface area contributed by atoms with Gasteiger partial charge in [-0.05, 0) is 55.2 Å². The number of aromatic nitrogens is 1. The highest BCUT2D eigenvalue weighted by atomic mass is 32.2. The Morgan fingerprint density at radius 1 is 1.09 bits per heavy atom. The second-order valence-electron chi connectivity index (χ2n) is 8.90. The molecule has 35 heavy (non-hydrogen) atoms. The predicted octanol–water partition coefficient (Wildman–Crippen LogP) is 4.63. The number of piperidine rings is 1. The van der Waals surface area contributed by atoms with Crippen LogP contribution in [0.4, 0.5) is 0 Å². The maximum atomic E-state index is 13.4. The third kappa shape index (κ3) is 4.99. The van der Waals surface area contributed by atoms with Gasteiger partial charge >= 0.3 is 0 Å². The second kappa shape index (κ2) is 9.64. The molecule has 1 aliphatic heterocycles. The number of amides is 1. The highest BCUT2D eigenvalue weighted by Crippen LogP contribution is 2.30. The third-order valence-corrected chi connectivity index (χ3v) is 7.95. The molecular formula is C27H27N3O4S. The molecular weight excluding hydrogens is 462 g/mol. The van der Waals surface area contributed by atoms with Crippen LogP contribution >= 0.6 is 0 Å². The number of para-hydroxylation sites is 2. The van der Waals surface area contributed by atoms with Crippen LogP contribution in [0, 0.1) is 6.92 Å². The van der Waals surface area contributed by atoms with E-state index in [0.29, 0.717) is 30.1 Å². The molecule has 0 bridgehead atoms. The van der Waals surface area contributed by atoms with Gasteiger partial charge in [-0.2, -0.15) is 0 Å². The second-order valence-corrected chi connectivity index (χ2v) is 10.6. The van der Waals surface area contributed by atoms with Gasteiger partial charge in [0, 0.05) is 25.2 Å². The summed E-state index contributed by atoms with van der Waals surface area (Å²) in [5, 5.41) is 0. The SMILES string of the molecule is Cc1ccc(C(=O)N2CCC[C@H](c3nc4ccccc4o3)C2)cc1S(=O)(=O)NCc1ccccc1. The minimum absolute atomic E-state index is 0.00119. The third-order valence-electron chi connectivity index (χ3n) is 6.40. The van der Waals surface area contributed by atoms with Crippen LogP contribution in [0.3, 0.4) is 0 Å². The molecule has 0 saturated carbocycles. The fourth-order valence-electron chi connectivity index (χ4n) is 4.48. The van der Waals surface area contributed by atoms with E-state index in [1.165, 1.54) is 6.07 Å². The molecule has 1 fully saturated rings. The molecule has 1 amide bonds. The van der Waals surface area contributed by atoms with Crippen molar-refractivity contribution < 1.29 is 17.6 Å². The molecule has 1 atom stereocenters. The smallest absolute Gasteiger partial charge is 0.253 e. The fraction of sp³-hybridized carbons (Fsp3) is 0.259. The Labute approximate surface area is 204 Å². The van der Waals surface area contributed by atoms with Crippen LogP contribution in [0.1, 0.15) is 46.1 Å². The largest absolute Gasteiger partial charge is 0.440 e. The van der Waals surface area contributed by atoms with Gasteiger partial charge in [-0.1, -0.05) is 48.5 Å². The molecule has 1 aromatic heterocycles. The van der Waals surface area contributed by atoms with Crippen molar-refractivity contribution in [3.63, 3.8) is 0 Å². The fourth-order valence-corrected chi connectivity index (χ4v) is 5.77. The summed E-state index contributed by atoms with van der Waals surface area (Å²) in [5.74, 6) is 0.451. The average Bonchev–Trinajstić information content (AvgIpc) is 3.33. The molecule has 0 aliphatic carbocycles. The molecule has 0 spiro atoms. The van der Waals surface area contributed by atoms with Gasteiger partial charge in [-0.3, -0.25) is 4.79 Å². The van der Waals surface area contributed by atoms with Crippen LogP contribution in [0.25, 0.3) is 11.1 Å². The number of carbonyl (C=O) groups is 1. The van der Waals surface area contributed by atoms with Crippen molar-refractivity contribution in [2.24, 2.45) is 0 Å². The first-order chi connectivity index (χ1) is 16.9. The summed E-state index contributed by atoms with van der Waals surface area (Å²) >= 11 is 0. The Kier molecular flexibility index (Phi) is 6.40. The Morgan fingerprint density at radius 3 is 2.66 bits per heavy atom. The first-order valence-corrected chi connectivity index (χ1v) is 13.2. The topological polar surface area (TPSA) is 92.5 Å². The number of rotatable bonds is 6. The number of nitrogens with zero attached hydrogens (tertiary/aromatic N) is 2. The van der Waals surface area contributed by atoms with Crippen LogP contribution in [-0.4, -0.2) is 37.3 Å². The lowest BCUT2D eigenvalue weighted by Crippen LogP contribution is -2.39. The van der Waals surface area contributed by atoms with Gasteiger partial charge in [0.15, 0.2) is 11.5 Å². The Hall–Kier alpha value is -3.49. The lowest BCUT2D eigenvalue weighted by atomic mass is 9.97. The van der Waals surface area contributed by atoms with Crippen molar-refractivity contribution in [2.75, 3.05) is 13.1 Å². The molecule has 4 aromatic rings. The van der Waals surface area contributed by atoms with Gasteiger partial charge in [-0.25, -0.2) is 18.1 Å². The normalized spacial score (nSPS) is 16.5. The van der Waals surface area contributed by atoms with Gasteiger partial charge in [0.25, 0.3) is 5.91 Å².